The molecule has 2 rings (SSSR count). The van der Waals surface area contributed by atoms with Crippen LogP contribution in [0.15, 0.2) is 42.5 Å². The summed E-state index contributed by atoms with van der Waals surface area (Å²) in [5.74, 6) is -0.0724. The molecular formula is C14H10F4O. The van der Waals surface area contributed by atoms with Crippen molar-refractivity contribution in [3.05, 3.63) is 53.8 Å². The zero-order chi connectivity index (χ0) is 14.0. The van der Waals surface area contributed by atoms with Crippen LogP contribution in [0.3, 0.4) is 0 Å². The van der Waals surface area contributed by atoms with Crippen LogP contribution in [0, 0.1) is 5.82 Å². The van der Waals surface area contributed by atoms with E-state index >= 15 is 0 Å². The molecule has 0 saturated heterocycles. The second kappa shape index (κ2) is 4.91. The number of halogens is 4. The van der Waals surface area contributed by atoms with Crippen LogP contribution in [0.2, 0.25) is 0 Å². The molecule has 19 heavy (non-hydrogen) atoms. The van der Waals surface area contributed by atoms with Crippen molar-refractivity contribution in [2.75, 3.05) is 7.11 Å². The Bertz CT molecular complexity index is 573. The van der Waals surface area contributed by atoms with E-state index in [0.29, 0.717) is 11.3 Å². The number of hydrogen-bond acceptors (Lipinski definition) is 1. The molecule has 0 aliphatic rings. The first-order valence-corrected chi connectivity index (χ1v) is 5.43. The van der Waals surface area contributed by atoms with Gasteiger partial charge in [0.25, 0.3) is 0 Å². The SMILES string of the molecule is COc1ccc(F)c(-c2ccc(C(F)(F)F)cc2)c1. The fraction of sp³-hybridized carbons (Fsp3) is 0.143. The fourth-order valence-electron chi connectivity index (χ4n) is 1.69. The molecular weight excluding hydrogens is 260 g/mol. The molecule has 100 valence electrons. The van der Waals surface area contributed by atoms with Gasteiger partial charge in [-0.2, -0.15) is 13.2 Å². The minimum atomic E-state index is -4.40. The van der Waals surface area contributed by atoms with Crippen molar-refractivity contribution in [1.29, 1.82) is 0 Å². The van der Waals surface area contributed by atoms with Gasteiger partial charge < -0.3 is 4.74 Å². The Kier molecular flexibility index (Phi) is 3.46. The van der Waals surface area contributed by atoms with Gasteiger partial charge in [-0.1, -0.05) is 12.1 Å². The van der Waals surface area contributed by atoms with Crippen LogP contribution in [-0.2, 0) is 6.18 Å². The van der Waals surface area contributed by atoms with Gasteiger partial charge >= 0.3 is 6.18 Å². The highest BCUT2D eigenvalue weighted by Gasteiger charge is 2.30. The molecule has 0 spiro atoms. The maximum atomic E-state index is 13.6. The molecule has 0 unspecified atom stereocenters. The summed E-state index contributed by atoms with van der Waals surface area (Å²) >= 11 is 0. The lowest BCUT2D eigenvalue weighted by atomic mass is 10.0. The first-order valence-electron chi connectivity index (χ1n) is 5.43. The first-order chi connectivity index (χ1) is 8.91. The maximum Gasteiger partial charge on any atom is 0.416 e. The van der Waals surface area contributed by atoms with Crippen molar-refractivity contribution >= 4 is 0 Å². The summed E-state index contributed by atoms with van der Waals surface area (Å²) in [6.45, 7) is 0. The molecule has 0 fully saturated rings. The van der Waals surface area contributed by atoms with E-state index in [2.05, 4.69) is 0 Å². The molecule has 2 aromatic carbocycles. The van der Waals surface area contributed by atoms with Crippen molar-refractivity contribution < 1.29 is 22.3 Å². The van der Waals surface area contributed by atoms with Crippen LogP contribution in [0.4, 0.5) is 17.6 Å². The zero-order valence-corrected chi connectivity index (χ0v) is 9.96. The molecule has 0 heterocycles. The number of methoxy groups -OCH3 is 1. The molecule has 0 N–H and O–H groups in total. The van der Waals surface area contributed by atoms with E-state index in [-0.39, 0.29) is 5.56 Å². The van der Waals surface area contributed by atoms with Crippen molar-refractivity contribution in [2.24, 2.45) is 0 Å². The third-order valence-electron chi connectivity index (χ3n) is 2.70. The summed E-state index contributed by atoms with van der Waals surface area (Å²) in [6, 6.07) is 8.43. The summed E-state index contributed by atoms with van der Waals surface area (Å²) in [4.78, 5) is 0. The second-order valence-electron chi connectivity index (χ2n) is 3.92. The monoisotopic (exact) mass is 270 g/mol. The lowest BCUT2D eigenvalue weighted by Crippen LogP contribution is -2.04. The number of ether oxygens (including phenoxy) is 1. The van der Waals surface area contributed by atoms with Crippen molar-refractivity contribution in [1.82, 2.24) is 0 Å². The lowest BCUT2D eigenvalue weighted by molar-refractivity contribution is -0.137. The van der Waals surface area contributed by atoms with Crippen LogP contribution in [0.1, 0.15) is 5.56 Å². The topological polar surface area (TPSA) is 9.23 Å². The van der Waals surface area contributed by atoms with Gasteiger partial charge in [0, 0.05) is 5.56 Å². The van der Waals surface area contributed by atoms with Gasteiger partial charge in [0.2, 0.25) is 0 Å². The van der Waals surface area contributed by atoms with Crippen LogP contribution in [0.25, 0.3) is 11.1 Å². The molecule has 0 bridgehead atoms. The molecule has 0 atom stereocenters. The fourth-order valence-corrected chi connectivity index (χ4v) is 1.69. The lowest BCUT2D eigenvalue weighted by Gasteiger charge is -2.09. The quantitative estimate of drug-likeness (QED) is 0.729. The predicted molar refractivity (Wildman–Crippen MR) is 63.4 cm³/mol. The molecule has 0 aliphatic heterocycles. The highest BCUT2D eigenvalue weighted by atomic mass is 19.4. The Labute approximate surface area is 107 Å². The van der Waals surface area contributed by atoms with E-state index in [0.717, 1.165) is 12.1 Å². The first kappa shape index (κ1) is 13.4. The minimum Gasteiger partial charge on any atom is -0.497 e. The molecule has 0 saturated carbocycles. The van der Waals surface area contributed by atoms with E-state index < -0.39 is 17.6 Å². The van der Waals surface area contributed by atoms with Gasteiger partial charge in [0.1, 0.15) is 11.6 Å². The highest BCUT2D eigenvalue weighted by molar-refractivity contribution is 5.66. The van der Waals surface area contributed by atoms with E-state index in [1.54, 1.807) is 0 Å². The van der Waals surface area contributed by atoms with E-state index in [4.69, 9.17) is 4.74 Å². The van der Waals surface area contributed by atoms with Gasteiger partial charge in [0.15, 0.2) is 0 Å². The Balaban J connectivity index is 2.42. The van der Waals surface area contributed by atoms with Crippen LogP contribution in [-0.4, -0.2) is 7.11 Å². The smallest absolute Gasteiger partial charge is 0.416 e. The van der Waals surface area contributed by atoms with E-state index in [1.807, 2.05) is 0 Å². The van der Waals surface area contributed by atoms with E-state index in [9.17, 15) is 17.6 Å². The largest absolute Gasteiger partial charge is 0.497 e. The Morgan fingerprint density at radius 2 is 1.58 bits per heavy atom. The van der Waals surface area contributed by atoms with Gasteiger partial charge in [-0.25, -0.2) is 4.39 Å². The summed E-state index contributed by atoms with van der Waals surface area (Å²) < 4.78 is 55.9. The predicted octanol–water partition coefficient (Wildman–Crippen LogP) is 4.52. The minimum absolute atomic E-state index is 0.202. The van der Waals surface area contributed by atoms with Crippen LogP contribution >= 0.6 is 0 Å². The number of hydrogen-bond donors (Lipinski definition) is 0. The van der Waals surface area contributed by atoms with Crippen molar-refractivity contribution in [2.45, 2.75) is 6.18 Å². The van der Waals surface area contributed by atoms with Crippen molar-refractivity contribution in [3.8, 4) is 16.9 Å². The Morgan fingerprint density at radius 1 is 0.947 bits per heavy atom. The maximum absolute atomic E-state index is 13.6. The third-order valence-corrected chi connectivity index (χ3v) is 2.70. The Morgan fingerprint density at radius 3 is 2.11 bits per heavy atom. The average Bonchev–Trinajstić information content (AvgIpc) is 2.38. The molecule has 5 heteroatoms. The molecule has 0 aromatic heterocycles. The second-order valence-corrected chi connectivity index (χ2v) is 3.92. The molecule has 0 aliphatic carbocycles. The number of alkyl halides is 3. The summed E-state index contributed by atoms with van der Waals surface area (Å²) in [6.07, 6.45) is -4.40. The highest BCUT2D eigenvalue weighted by Crippen LogP contribution is 2.32. The molecule has 0 radical (unpaired) electrons. The zero-order valence-electron chi connectivity index (χ0n) is 9.96. The average molecular weight is 270 g/mol. The number of benzene rings is 2. The standard InChI is InChI=1S/C14H10F4O/c1-19-11-6-7-13(15)12(8-11)9-2-4-10(5-3-9)14(16,17)18/h2-8H,1H3. The van der Waals surface area contributed by atoms with Crippen LogP contribution in [0.5, 0.6) is 5.75 Å². The van der Waals surface area contributed by atoms with Crippen molar-refractivity contribution in [3.63, 3.8) is 0 Å². The van der Waals surface area contributed by atoms with E-state index in [1.165, 1.54) is 37.4 Å². The van der Waals surface area contributed by atoms with Gasteiger partial charge in [-0.3, -0.25) is 0 Å². The molecule has 0 amide bonds. The molecule has 2 aromatic rings. The number of rotatable bonds is 2. The van der Waals surface area contributed by atoms with Gasteiger partial charge in [-0.15, -0.1) is 0 Å². The molecule has 1 nitrogen and oxygen atoms in total. The van der Waals surface area contributed by atoms with Crippen LogP contribution < -0.4 is 4.74 Å². The normalized spacial score (nSPS) is 11.4. The summed E-state index contributed by atoms with van der Waals surface area (Å²) in [7, 11) is 1.43. The van der Waals surface area contributed by atoms with Gasteiger partial charge in [0.05, 0.1) is 12.7 Å². The summed E-state index contributed by atoms with van der Waals surface area (Å²) in [5, 5.41) is 0. The Hall–Kier alpha value is -2.04. The third kappa shape index (κ3) is 2.86. The summed E-state index contributed by atoms with van der Waals surface area (Å²) in [5.41, 5.74) is -0.197. The van der Waals surface area contributed by atoms with Gasteiger partial charge in [-0.05, 0) is 35.9 Å².